The van der Waals surface area contributed by atoms with Crippen LogP contribution in [0, 0.1) is 0 Å². The first-order chi connectivity index (χ1) is 10.1. The Morgan fingerprint density at radius 1 is 1.48 bits per heavy atom. The van der Waals surface area contributed by atoms with Crippen LogP contribution in [0.15, 0.2) is 6.20 Å². The quantitative estimate of drug-likeness (QED) is 0.412. The van der Waals surface area contributed by atoms with Crippen molar-refractivity contribution in [3.63, 3.8) is 0 Å². The van der Waals surface area contributed by atoms with Gasteiger partial charge in [-0.3, -0.25) is 0 Å². The Morgan fingerprint density at radius 3 is 2.86 bits per heavy atom. The van der Waals surface area contributed by atoms with Gasteiger partial charge in [0.25, 0.3) is 0 Å². The van der Waals surface area contributed by atoms with E-state index in [4.69, 9.17) is 11.6 Å². The van der Waals surface area contributed by atoms with Crippen molar-refractivity contribution in [2.24, 2.45) is 5.84 Å². The second kappa shape index (κ2) is 5.88. The van der Waals surface area contributed by atoms with Crippen LogP contribution < -0.4 is 21.9 Å². The van der Waals surface area contributed by atoms with Crippen LogP contribution in [-0.4, -0.2) is 45.8 Å². The minimum Gasteiger partial charge on any atom is -0.598 e. The van der Waals surface area contributed by atoms with E-state index in [2.05, 4.69) is 10.3 Å². The van der Waals surface area contributed by atoms with Crippen LogP contribution in [0.2, 0.25) is 0 Å². The lowest BCUT2D eigenvalue weighted by Crippen LogP contribution is -2.50. The lowest BCUT2D eigenvalue weighted by Gasteiger charge is -2.37. The zero-order chi connectivity index (χ0) is 15.0. The van der Waals surface area contributed by atoms with E-state index in [9.17, 15) is 4.55 Å². The first-order valence-electron chi connectivity index (χ1n) is 7.21. The molecule has 0 radical (unpaired) electrons. The number of hydrogen-bond donors (Lipinski definition) is 3. The van der Waals surface area contributed by atoms with Crippen molar-refractivity contribution in [3.05, 3.63) is 11.8 Å². The lowest BCUT2D eigenvalue weighted by atomic mass is 10.0. The minimum atomic E-state index is -0.899. The van der Waals surface area contributed by atoms with Gasteiger partial charge in [-0.15, -0.1) is 4.31 Å². The maximum Gasteiger partial charge on any atom is 0.131 e. The Balaban J connectivity index is 1.78. The fraction of sp³-hybridized carbons (Fsp3) is 0.615. The molecule has 2 aliphatic heterocycles. The summed E-state index contributed by atoms with van der Waals surface area (Å²) in [6, 6.07) is 0.221. The zero-order valence-electron chi connectivity index (χ0n) is 12.2. The number of hydrazine groups is 1. The highest BCUT2D eigenvalue weighted by Crippen LogP contribution is 2.35. The monoisotopic (exact) mass is 310 g/mol. The van der Waals surface area contributed by atoms with Crippen LogP contribution in [-0.2, 0) is 17.8 Å². The molecule has 0 spiro atoms. The molecule has 1 unspecified atom stereocenters. The van der Waals surface area contributed by atoms with Gasteiger partial charge >= 0.3 is 0 Å². The molecule has 0 amide bonds. The van der Waals surface area contributed by atoms with Gasteiger partial charge in [-0.05, 0) is 19.3 Å². The van der Waals surface area contributed by atoms with E-state index >= 15 is 0 Å². The molecule has 2 aliphatic rings. The zero-order valence-corrected chi connectivity index (χ0v) is 13.0. The predicted molar refractivity (Wildman–Crippen MR) is 86.2 cm³/mol. The molecule has 1 atom stereocenters. The van der Waals surface area contributed by atoms with Crippen molar-refractivity contribution >= 4 is 28.6 Å². The fourth-order valence-corrected chi connectivity index (χ4v) is 3.84. The molecule has 116 valence electrons. The molecule has 1 saturated heterocycles. The molecule has 8 heteroatoms. The normalized spacial score (nSPS) is 20.9. The number of pyridine rings is 1. The average Bonchev–Trinajstić information content (AvgIpc) is 2.95. The highest BCUT2D eigenvalue weighted by Gasteiger charge is 2.30. The van der Waals surface area contributed by atoms with Crippen molar-refractivity contribution in [1.82, 2.24) is 9.29 Å². The summed E-state index contributed by atoms with van der Waals surface area (Å²) < 4.78 is 13.5. The third-order valence-corrected chi connectivity index (χ3v) is 5.38. The molecular weight excluding hydrogens is 288 g/mol. The van der Waals surface area contributed by atoms with Crippen molar-refractivity contribution in [1.29, 1.82) is 0 Å². The number of nitrogen functional groups attached to an aromatic ring is 1. The summed E-state index contributed by atoms with van der Waals surface area (Å²) in [5.74, 6) is 7.26. The average molecular weight is 310 g/mol. The van der Waals surface area contributed by atoms with E-state index in [0.717, 1.165) is 56.0 Å². The first kappa shape index (κ1) is 14.7. The summed E-state index contributed by atoms with van der Waals surface area (Å²) in [6.45, 7) is 2.47. The summed E-state index contributed by atoms with van der Waals surface area (Å²) in [6.07, 6.45) is 6.07. The summed E-state index contributed by atoms with van der Waals surface area (Å²) in [5.41, 5.74) is 8.75. The topological polar surface area (TPSA) is 106 Å². The SMILES string of the molecule is C[S+]([O-])N1CCC(N(N)c2c(N)cnc3c2CCN3)CC1. The maximum atomic E-state index is 11.5. The van der Waals surface area contributed by atoms with Crippen LogP contribution in [0.4, 0.5) is 17.2 Å². The van der Waals surface area contributed by atoms with Crippen molar-refractivity contribution in [2.45, 2.75) is 25.3 Å². The fourth-order valence-electron chi connectivity index (χ4n) is 3.12. The third kappa shape index (κ3) is 2.76. The molecule has 1 aromatic heterocycles. The predicted octanol–water partition coefficient (Wildman–Crippen LogP) is 0.0698. The van der Waals surface area contributed by atoms with Gasteiger partial charge in [0.2, 0.25) is 0 Å². The molecule has 3 rings (SSSR count). The number of nitrogens with one attached hydrogen (secondary N) is 1. The molecule has 0 saturated carbocycles. The molecule has 0 bridgehead atoms. The number of nitrogens with zero attached hydrogens (tertiary/aromatic N) is 3. The van der Waals surface area contributed by atoms with E-state index < -0.39 is 11.4 Å². The van der Waals surface area contributed by atoms with Crippen molar-refractivity contribution in [2.75, 3.05) is 41.9 Å². The largest absolute Gasteiger partial charge is 0.598 e. The number of rotatable bonds is 3. The molecule has 21 heavy (non-hydrogen) atoms. The van der Waals surface area contributed by atoms with Gasteiger partial charge < -0.3 is 20.6 Å². The lowest BCUT2D eigenvalue weighted by molar-refractivity contribution is 0.312. The highest BCUT2D eigenvalue weighted by molar-refractivity contribution is 7.88. The van der Waals surface area contributed by atoms with Crippen LogP contribution in [0.5, 0.6) is 0 Å². The third-order valence-electron chi connectivity index (χ3n) is 4.28. The summed E-state index contributed by atoms with van der Waals surface area (Å²) in [5, 5.41) is 5.05. The van der Waals surface area contributed by atoms with Gasteiger partial charge in [0.1, 0.15) is 12.1 Å². The van der Waals surface area contributed by atoms with Crippen LogP contribution >= 0.6 is 0 Å². The number of anilines is 3. The van der Waals surface area contributed by atoms with Gasteiger partial charge in [0.05, 0.1) is 17.6 Å². The van der Waals surface area contributed by atoms with Crippen molar-refractivity contribution in [3.8, 4) is 0 Å². The number of piperidine rings is 1. The summed E-state index contributed by atoms with van der Waals surface area (Å²) >= 11 is -0.899. The second-order valence-corrected chi connectivity index (χ2v) is 6.92. The van der Waals surface area contributed by atoms with Gasteiger partial charge in [0, 0.05) is 42.6 Å². The minimum absolute atomic E-state index is 0.221. The molecule has 0 aliphatic carbocycles. The molecule has 1 fully saturated rings. The summed E-state index contributed by atoms with van der Waals surface area (Å²) in [4.78, 5) is 4.32. The summed E-state index contributed by atoms with van der Waals surface area (Å²) in [7, 11) is 0. The Kier molecular flexibility index (Phi) is 4.12. The van der Waals surface area contributed by atoms with E-state index in [0.29, 0.717) is 5.69 Å². The van der Waals surface area contributed by atoms with Gasteiger partial charge in [-0.1, -0.05) is 0 Å². The molecule has 3 heterocycles. The van der Waals surface area contributed by atoms with Gasteiger partial charge in [-0.2, -0.15) is 0 Å². The van der Waals surface area contributed by atoms with Crippen molar-refractivity contribution < 1.29 is 4.55 Å². The Morgan fingerprint density at radius 2 is 2.19 bits per heavy atom. The number of aromatic nitrogens is 1. The first-order valence-corrected chi connectivity index (χ1v) is 8.73. The Labute approximate surface area is 128 Å². The van der Waals surface area contributed by atoms with Crippen LogP contribution in [0.25, 0.3) is 0 Å². The van der Waals surface area contributed by atoms with E-state index in [1.165, 1.54) is 0 Å². The maximum absolute atomic E-state index is 11.5. The van der Waals surface area contributed by atoms with Crippen LogP contribution in [0.3, 0.4) is 0 Å². The number of hydrogen-bond acceptors (Lipinski definition) is 7. The Hall–Kier alpha value is -1.22. The van der Waals surface area contributed by atoms with Gasteiger partial charge in [0.15, 0.2) is 0 Å². The highest BCUT2D eigenvalue weighted by atomic mass is 32.2. The second-order valence-electron chi connectivity index (χ2n) is 5.56. The Bertz CT molecular complexity index is 518. The number of nitrogens with two attached hydrogens (primary N) is 2. The smallest absolute Gasteiger partial charge is 0.131 e. The molecule has 7 nitrogen and oxygen atoms in total. The number of fused-ring (bicyclic) bond motifs is 1. The molecule has 5 N–H and O–H groups in total. The molecular formula is C13H22N6OS. The van der Waals surface area contributed by atoms with E-state index in [-0.39, 0.29) is 6.04 Å². The molecule has 0 aromatic carbocycles. The van der Waals surface area contributed by atoms with Gasteiger partial charge in [-0.25, -0.2) is 10.8 Å². The van der Waals surface area contributed by atoms with Crippen LogP contribution in [0.1, 0.15) is 18.4 Å². The van der Waals surface area contributed by atoms with E-state index in [1.807, 2.05) is 4.31 Å². The van der Waals surface area contributed by atoms with E-state index in [1.54, 1.807) is 17.5 Å². The molecule has 1 aromatic rings. The standard InChI is InChI=1S/C13H22N6OS/c1-21(20)18-6-3-9(4-7-18)19(15)12-10-2-5-16-13(10)17-8-11(12)14/h8-9H,2-7,14-15H2,1H3,(H,16,17).